The molecule has 6 rings (SSSR count). The number of nitrogens with one attached hydrogen (secondary N) is 2. The lowest BCUT2D eigenvalue weighted by Crippen LogP contribution is -2.41. The first-order chi connectivity index (χ1) is 19.5. The van der Waals surface area contributed by atoms with E-state index >= 15 is 0 Å². The number of nitrogens with zero attached hydrogens (tertiary/aromatic N) is 4. The Labute approximate surface area is 248 Å². The summed E-state index contributed by atoms with van der Waals surface area (Å²) in [4.78, 5) is 14.7. The van der Waals surface area contributed by atoms with Gasteiger partial charge < -0.3 is 20.4 Å². The molecule has 2 aromatic carbocycles. The molecular weight excluding hydrogens is 536 g/mol. The van der Waals surface area contributed by atoms with Crippen LogP contribution in [-0.4, -0.2) is 41.3 Å². The first-order valence-electron chi connectivity index (χ1n) is 14.7. The predicted molar refractivity (Wildman–Crippen MR) is 170 cm³/mol. The number of fused-ring (bicyclic) bond motifs is 1. The first kappa shape index (κ1) is 27.3. The van der Waals surface area contributed by atoms with Gasteiger partial charge in [-0.15, -0.1) is 0 Å². The smallest absolute Gasteiger partial charge is 0.232 e. The second kappa shape index (κ2) is 11.9. The van der Waals surface area contributed by atoms with E-state index in [-0.39, 0.29) is 5.41 Å². The topological polar surface area (TPSA) is 56.3 Å². The average Bonchev–Trinajstić information content (AvgIpc) is 3.46. The molecule has 8 heteroatoms. The van der Waals surface area contributed by atoms with Gasteiger partial charge in [-0.1, -0.05) is 67.8 Å². The summed E-state index contributed by atoms with van der Waals surface area (Å²) in [6, 6.07) is 19.2. The van der Waals surface area contributed by atoms with Crippen molar-refractivity contribution in [1.29, 1.82) is 0 Å². The minimum absolute atomic E-state index is 0.0648. The largest absolute Gasteiger partial charge is 0.361 e. The number of hydrogen-bond acceptors (Lipinski definition) is 5. The predicted octanol–water partition coefficient (Wildman–Crippen LogP) is 6.73. The number of halogens is 1. The quantitative estimate of drug-likeness (QED) is 0.317. The summed E-state index contributed by atoms with van der Waals surface area (Å²) in [6.45, 7) is 6.94. The average molecular weight is 575 g/mol. The molecule has 2 N–H and O–H groups in total. The van der Waals surface area contributed by atoms with Crippen LogP contribution in [0.15, 0.2) is 54.6 Å². The van der Waals surface area contributed by atoms with Gasteiger partial charge in [0.05, 0.1) is 0 Å². The van der Waals surface area contributed by atoms with Crippen LogP contribution in [0.4, 0.5) is 17.6 Å². The van der Waals surface area contributed by atoms with E-state index < -0.39 is 0 Å². The highest BCUT2D eigenvalue weighted by Crippen LogP contribution is 2.41. The number of benzene rings is 2. The van der Waals surface area contributed by atoms with Crippen LogP contribution in [0, 0.1) is 5.92 Å². The molecule has 210 valence electrons. The van der Waals surface area contributed by atoms with Crippen LogP contribution in [0.25, 0.3) is 0 Å². The van der Waals surface area contributed by atoms with Crippen molar-refractivity contribution in [3.63, 3.8) is 0 Å². The minimum Gasteiger partial charge on any atom is -0.361 e. The van der Waals surface area contributed by atoms with Crippen LogP contribution in [0.5, 0.6) is 0 Å². The lowest BCUT2D eigenvalue weighted by atomic mass is 9.79. The van der Waals surface area contributed by atoms with Crippen LogP contribution in [0.3, 0.4) is 0 Å². The van der Waals surface area contributed by atoms with Gasteiger partial charge in [0, 0.05) is 49.2 Å². The van der Waals surface area contributed by atoms with Crippen LogP contribution < -0.4 is 20.4 Å². The zero-order valence-electron chi connectivity index (χ0n) is 23.3. The summed E-state index contributed by atoms with van der Waals surface area (Å²) in [7, 11) is 0. The van der Waals surface area contributed by atoms with Crippen molar-refractivity contribution in [2.45, 2.75) is 63.8 Å². The monoisotopic (exact) mass is 574 g/mol. The highest BCUT2D eigenvalue weighted by atomic mass is 35.5. The Morgan fingerprint density at radius 2 is 1.70 bits per heavy atom. The van der Waals surface area contributed by atoms with Crippen molar-refractivity contribution in [3.05, 3.63) is 76.3 Å². The van der Waals surface area contributed by atoms with Crippen molar-refractivity contribution in [2.24, 2.45) is 5.92 Å². The highest BCUT2D eigenvalue weighted by molar-refractivity contribution is 7.80. The number of rotatable bonds is 6. The van der Waals surface area contributed by atoms with Gasteiger partial charge in [-0.3, -0.25) is 0 Å². The van der Waals surface area contributed by atoms with Crippen molar-refractivity contribution >= 4 is 46.5 Å². The first-order valence-corrected chi connectivity index (χ1v) is 15.5. The fourth-order valence-corrected chi connectivity index (χ4v) is 7.00. The standard InChI is InChI=1S/C32H39ClN6S/c1-23-7-6-17-38(20-23)28-19-29(39-18-14-24-8-2-3-9-25(24)21-39)36-30(35-28)37-31(40)34-22-32(15-4-5-16-32)26-10-12-27(33)13-11-26/h2-3,8-13,19,23H,4-7,14-18,20-22H2,1H3,(H2,34,35,36,37,40). The molecule has 1 atom stereocenters. The second-order valence-corrected chi connectivity index (χ2v) is 12.7. The Bertz CT molecular complexity index is 1340. The third-order valence-corrected chi connectivity index (χ3v) is 9.46. The zero-order chi connectivity index (χ0) is 27.5. The summed E-state index contributed by atoms with van der Waals surface area (Å²) < 4.78 is 0. The van der Waals surface area contributed by atoms with Gasteiger partial charge >= 0.3 is 0 Å². The Balaban J connectivity index is 1.21. The molecule has 1 aromatic heterocycles. The van der Waals surface area contributed by atoms with E-state index in [1.807, 2.05) is 12.1 Å². The van der Waals surface area contributed by atoms with Crippen molar-refractivity contribution < 1.29 is 0 Å². The van der Waals surface area contributed by atoms with Crippen LogP contribution >= 0.6 is 23.8 Å². The molecule has 3 aliphatic rings. The van der Waals surface area contributed by atoms with Gasteiger partial charge in [0.15, 0.2) is 5.11 Å². The van der Waals surface area contributed by atoms with Gasteiger partial charge in [-0.25, -0.2) is 0 Å². The Morgan fingerprint density at radius 3 is 2.45 bits per heavy atom. The fourth-order valence-electron chi connectivity index (χ4n) is 6.71. The van der Waals surface area contributed by atoms with Gasteiger partial charge in [0.1, 0.15) is 11.6 Å². The molecule has 1 unspecified atom stereocenters. The van der Waals surface area contributed by atoms with Crippen molar-refractivity contribution in [3.8, 4) is 0 Å². The lowest BCUT2D eigenvalue weighted by molar-refractivity contribution is 0.435. The molecular formula is C32H39ClN6S. The summed E-state index contributed by atoms with van der Waals surface area (Å²) in [6.07, 6.45) is 8.22. The molecule has 0 bridgehead atoms. The molecule has 2 aliphatic heterocycles. The van der Waals surface area contributed by atoms with Crippen molar-refractivity contribution in [1.82, 2.24) is 15.3 Å². The lowest BCUT2D eigenvalue weighted by Gasteiger charge is -2.34. The van der Waals surface area contributed by atoms with E-state index in [9.17, 15) is 0 Å². The van der Waals surface area contributed by atoms with Gasteiger partial charge in [-0.2, -0.15) is 9.97 Å². The molecule has 0 radical (unpaired) electrons. The van der Waals surface area contributed by atoms with E-state index in [4.69, 9.17) is 33.8 Å². The van der Waals surface area contributed by atoms with Gasteiger partial charge in [0.2, 0.25) is 5.95 Å². The summed E-state index contributed by atoms with van der Waals surface area (Å²) in [5.41, 5.74) is 4.20. The van der Waals surface area contributed by atoms with E-state index in [1.165, 1.54) is 42.4 Å². The molecule has 1 saturated carbocycles. The maximum atomic E-state index is 6.18. The fraction of sp³-hybridized carbons (Fsp3) is 0.469. The maximum absolute atomic E-state index is 6.18. The second-order valence-electron chi connectivity index (χ2n) is 11.8. The SMILES string of the molecule is CC1CCCN(c2cc(N3CCc4ccccc4C3)nc(NC(=S)NCC3(c4ccc(Cl)cc4)CCCC3)n2)C1. The Kier molecular flexibility index (Phi) is 8.12. The van der Waals surface area contributed by atoms with Crippen LogP contribution in [-0.2, 0) is 18.4 Å². The summed E-state index contributed by atoms with van der Waals surface area (Å²) in [5.74, 6) is 3.16. The van der Waals surface area contributed by atoms with Crippen molar-refractivity contribution in [2.75, 3.05) is 41.3 Å². The molecule has 6 nitrogen and oxygen atoms in total. The molecule has 1 saturated heterocycles. The van der Waals surface area contributed by atoms with E-state index in [2.05, 4.69) is 69.8 Å². The molecule has 0 spiro atoms. The van der Waals surface area contributed by atoms with Crippen LogP contribution in [0.2, 0.25) is 5.02 Å². The molecule has 3 heterocycles. The number of piperidine rings is 1. The molecule has 2 fully saturated rings. The Morgan fingerprint density at radius 1 is 0.975 bits per heavy atom. The van der Waals surface area contributed by atoms with E-state index in [0.717, 1.165) is 68.6 Å². The van der Waals surface area contributed by atoms with Gasteiger partial charge in [0.25, 0.3) is 0 Å². The minimum atomic E-state index is 0.0648. The van der Waals surface area contributed by atoms with E-state index in [1.54, 1.807) is 0 Å². The van der Waals surface area contributed by atoms with Gasteiger partial charge in [-0.05, 0) is 79.1 Å². The zero-order valence-corrected chi connectivity index (χ0v) is 24.9. The molecule has 40 heavy (non-hydrogen) atoms. The number of hydrogen-bond donors (Lipinski definition) is 2. The number of thiocarbonyl (C=S) groups is 1. The Hall–Kier alpha value is -2.90. The third kappa shape index (κ3) is 6.06. The third-order valence-electron chi connectivity index (χ3n) is 8.96. The molecule has 1 aliphatic carbocycles. The summed E-state index contributed by atoms with van der Waals surface area (Å²) in [5, 5.41) is 8.22. The van der Waals surface area contributed by atoms with Crippen LogP contribution in [0.1, 0.15) is 62.1 Å². The molecule has 0 amide bonds. The number of aromatic nitrogens is 2. The molecule has 3 aromatic rings. The number of anilines is 3. The maximum Gasteiger partial charge on any atom is 0.232 e. The normalized spacial score (nSPS) is 20.2. The summed E-state index contributed by atoms with van der Waals surface area (Å²) >= 11 is 12.0. The highest BCUT2D eigenvalue weighted by Gasteiger charge is 2.35. The van der Waals surface area contributed by atoms with E-state index in [0.29, 0.717) is 17.0 Å².